The molecule has 1 heterocycles. The first-order valence-corrected chi connectivity index (χ1v) is 7.21. The van der Waals surface area contributed by atoms with Gasteiger partial charge in [0.25, 0.3) is 5.69 Å². The SMILES string of the molecule is O=[N+]([O-])c1ccc(Oc2ccc(-c3ccsc3)cc2)cc1. The number of benzene rings is 2. The summed E-state index contributed by atoms with van der Waals surface area (Å²) in [5.74, 6) is 1.27. The molecule has 3 rings (SSSR count). The van der Waals surface area contributed by atoms with Crippen molar-refractivity contribution in [3.05, 3.63) is 75.5 Å². The van der Waals surface area contributed by atoms with Gasteiger partial charge in [-0.1, -0.05) is 12.1 Å². The highest BCUT2D eigenvalue weighted by Gasteiger charge is 2.05. The third kappa shape index (κ3) is 3.09. The maximum atomic E-state index is 10.6. The molecule has 3 aromatic rings. The Hall–Kier alpha value is -2.66. The Morgan fingerprint density at radius 1 is 0.857 bits per heavy atom. The minimum atomic E-state index is -0.431. The van der Waals surface area contributed by atoms with E-state index in [0.29, 0.717) is 11.5 Å². The second-order valence-electron chi connectivity index (χ2n) is 4.39. The summed E-state index contributed by atoms with van der Waals surface area (Å²) >= 11 is 1.66. The number of nitro groups is 1. The molecule has 0 radical (unpaired) electrons. The summed E-state index contributed by atoms with van der Waals surface area (Å²) in [6.07, 6.45) is 0. The molecule has 2 aromatic carbocycles. The van der Waals surface area contributed by atoms with Crippen LogP contribution in [0.25, 0.3) is 11.1 Å². The van der Waals surface area contributed by atoms with Crippen molar-refractivity contribution in [3.8, 4) is 22.6 Å². The monoisotopic (exact) mass is 297 g/mol. The molecule has 0 aliphatic heterocycles. The Balaban J connectivity index is 1.74. The minimum Gasteiger partial charge on any atom is -0.457 e. The van der Waals surface area contributed by atoms with E-state index in [0.717, 1.165) is 5.56 Å². The minimum absolute atomic E-state index is 0.0511. The van der Waals surface area contributed by atoms with Gasteiger partial charge in [0.1, 0.15) is 11.5 Å². The molecule has 0 N–H and O–H groups in total. The van der Waals surface area contributed by atoms with Crippen LogP contribution in [-0.2, 0) is 0 Å². The van der Waals surface area contributed by atoms with E-state index < -0.39 is 4.92 Å². The van der Waals surface area contributed by atoms with E-state index in [1.807, 2.05) is 29.6 Å². The summed E-state index contributed by atoms with van der Waals surface area (Å²) < 4.78 is 5.67. The van der Waals surface area contributed by atoms with Crippen LogP contribution in [0.2, 0.25) is 0 Å². The van der Waals surface area contributed by atoms with Crippen molar-refractivity contribution in [3.63, 3.8) is 0 Å². The lowest BCUT2D eigenvalue weighted by Crippen LogP contribution is -1.88. The molecule has 0 bridgehead atoms. The van der Waals surface area contributed by atoms with E-state index in [1.54, 1.807) is 23.5 Å². The van der Waals surface area contributed by atoms with Crippen molar-refractivity contribution in [1.82, 2.24) is 0 Å². The molecule has 0 saturated carbocycles. The van der Waals surface area contributed by atoms with E-state index >= 15 is 0 Å². The van der Waals surface area contributed by atoms with Crippen LogP contribution in [0.1, 0.15) is 0 Å². The first-order valence-electron chi connectivity index (χ1n) is 6.27. The standard InChI is InChI=1S/C16H11NO3S/c18-17(19)14-3-7-16(8-4-14)20-15-5-1-12(2-6-15)13-9-10-21-11-13/h1-11H. The second kappa shape index (κ2) is 5.76. The molecule has 21 heavy (non-hydrogen) atoms. The van der Waals surface area contributed by atoms with E-state index in [9.17, 15) is 10.1 Å². The van der Waals surface area contributed by atoms with Crippen LogP contribution in [-0.4, -0.2) is 4.92 Å². The highest BCUT2D eigenvalue weighted by atomic mass is 32.1. The number of non-ortho nitro benzene ring substituents is 1. The van der Waals surface area contributed by atoms with Crippen LogP contribution in [0, 0.1) is 10.1 Å². The lowest BCUT2D eigenvalue weighted by Gasteiger charge is -2.06. The van der Waals surface area contributed by atoms with Gasteiger partial charge < -0.3 is 4.74 Å². The highest BCUT2D eigenvalue weighted by molar-refractivity contribution is 7.08. The van der Waals surface area contributed by atoms with E-state index in [1.165, 1.54) is 17.7 Å². The van der Waals surface area contributed by atoms with Crippen LogP contribution in [0.15, 0.2) is 65.4 Å². The van der Waals surface area contributed by atoms with Crippen LogP contribution >= 0.6 is 11.3 Å². The fourth-order valence-corrected chi connectivity index (χ4v) is 2.58. The quantitative estimate of drug-likeness (QED) is 0.496. The lowest BCUT2D eigenvalue weighted by molar-refractivity contribution is -0.384. The molecule has 1 aromatic heterocycles. The first-order chi connectivity index (χ1) is 10.2. The number of nitro benzene ring substituents is 1. The normalized spacial score (nSPS) is 10.3. The molecule has 104 valence electrons. The van der Waals surface area contributed by atoms with Gasteiger partial charge in [0.15, 0.2) is 0 Å². The Bertz CT molecular complexity index is 734. The van der Waals surface area contributed by atoms with Crippen LogP contribution in [0.3, 0.4) is 0 Å². The van der Waals surface area contributed by atoms with Gasteiger partial charge in [-0.05, 0) is 52.2 Å². The fraction of sp³-hybridized carbons (Fsp3) is 0. The average molecular weight is 297 g/mol. The number of hydrogen-bond donors (Lipinski definition) is 0. The molecular formula is C16H11NO3S. The maximum absolute atomic E-state index is 10.6. The molecule has 0 unspecified atom stereocenters. The van der Waals surface area contributed by atoms with Crippen molar-refractivity contribution in [1.29, 1.82) is 0 Å². The zero-order valence-corrected chi connectivity index (χ0v) is 11.7. The van der Waals surface area contributed by atoms with Crippen LogP contribution < -0.4 is 4.74 Å². The number of rotatable bonds is 4. The zero-order valence-electron chi connectivity index (χ0n) is 10.9. The zero-order chi connectivity index (χ0) is 14.7. The van der Waals surface area contributed by atoms with Crippen molar-refractivity contribution >= 4 is 17.0 Å². The van der Waals surface area contributed by atoms with Crippen LogP contribution in [0.5, 0.6) is 11.5 Å². The Kier molecular flexibility index (Phi) is 3.66. The maximum Gasteiger partial charge on any atom is 0.269 e. The molecule has 0 saturated heterocycles. The molecule has 0 aliphatic carbocycles. The number of thiophene rings is 1. The second-order valence-corrected chi connectivity index (χ2v) is 5.17. The van der Waals surface area contributed by atoms with Crippen molar-refractivity contribution in [2.75, 3.05) is 0 Å². The van der Waals surface area contributed by atoms with E-state index in [-0.39, 0.29) is 5.69 Å². The van der Waals surface area contributed by atoms with Crippen LogP contribution in [0.4, 0.5) is 5.69 Å². The predicted octanol–water partition coefficient (Wildman–Crippen LogP) is 5.12. The lowest BCUT2D eigenvalue weighted by atomic mass is 10.1. The molecule has 0 aliphatic rings. The smallest absolute Gasteiger partial charge is 0.269 e. The Labute approximate surface area is 125 Å². The van der Waals surface area contributed by atoms with Gasteiger partial charge in [0.05, 0.1) is 4.92 Å². The number of nitrogens with zero attached hydrogens (tertiary/aromatic N) is 1. The molecule has 5 heteroatoms. The van der Waals surface area contributed by atoms with Gasteiger partial charge in [-0.3, -0.25) is 10.1 Å². The third-order valence-corrected chi connectivity index (χ3v) is 3.68. The van der Waals surface area contributed by atoms with Gasteiger partial charge >= 0.3 is 0 Å². The summed E-state index contributed by atoms with van der Waals surface area (Å²) in [5.41, 5.74) is 2.37. The molecule has 0 atom stereocenters. The summed E-state index contributed by atoms with van der Waals surface area (Å²) in [7, 11) is 0. The van der Waals surface area contributed by atoms with Gasteiger partial charge in [0, 0.05) is 12.1 Å². The Morgan fingerprint density at radius 2 is 1.48 bits per heavy atom. The largest absolute Gasteiger partial charge is 0.457 e. The molecule has 0 fully saturated rings. The molecule has 4 nitrogen and oxygen atoms in total. The number of ether oxygens (including phenoxy) is 1. The van der Waals surface area contributed by atoms with Gasteiger partial charge in [-0.2, -0.15) is 11.3 Å². The third-order valence-electron chi connectivity index (χ3n) is 2.99. The molecule has 0 amide bonds. The van der Waals surface area contributed by atoms with Crippen molar-refractivity contribution in [2.24, 2.45) is 0 Å². The van der Waals surface area contributed by atoms with Gasteiger partial charge in [-0.15, -0.1) is 0 Å². The first kappa shape index (κ1) is 13.3. The molecule has 0 spiro atoms. The predicted molar refractivity (Wildman–Crippen MR) is 82.9 cm³/mol. The van der Waals surface area contributed by atoms with E-state index in [2.05, 4.69) is 11.4 Å². The number of hydrogen-bond acceptors (Lipinski definition) is 4. The summed E-state index contributed by atoms with van der Waals surface area (Å²) in [6, 6.07) is 15.8. The van der Waals surface area contributed by atoms with Gasteiger partial charge in [0.2, 0.25) is 0 Å². The average Bonchev–Trinajstić information content (AvgIpc) is 3.03. The van der Waals surface area contributed by atoms with Gasteiger partial charge in [-0.25, -0.2) is 0 Å². The summed E-state index contributed by atoms with van der Waals surface area (Å²) in [5, 5.41) is 14.7. The Morgan fingerprint density at radius 3 is 2.00 bits per heavy atom. The molecular weight excluding hydrogens is 286 g/mol. The van der Waals surface area contributed by atoms with E-state index in [4.69, 9.17) is 4.74 Å². The summed E-state index contributed by atoms with van der Waals surface area (Å²) in [4.78, 5) is 10.2. The van der Waals surface area contributed by atoms with Crippen molar-refractivity contribution < 1.29 is 9.66 Å². The highest BCUT2D eigenvalue weighted by Crippen LogP contribution is 2.27. The topological polar surface area (TPSA) is 52.4 Å². The fourth-order valence-electron chi connectivity index (χ4n) is 1.92. The summed E-state index contributed by atoms with van der Waals surface area (Å²) in [6.45, 7) is 0. The van der Waals surface area contributed by atoms with Crippen molar-refractivity contribution in [2.45, 2.75) is 0 Å².